The highest BCUT2D eigenvalue weighted by atomic mass is 32.1. The maximum atomic E-state index is 13.6. The van der Waals surface area contributed by atoms with Crippen LogP contribution in [-0.2, 0) is 20.7 Å². The van der Waals surface area contributed by atoms with E-state index in [1.165, 1.54) is 6.07 Å². The summed E-state index contributed by atoms with van der Waals surface area (Å²) in [5.74, 6) is -1.06. The molecule has 162 valence electrons. The van der Waals surface area contributed by atoms with Gasteiger partial charge in [0, 0.05) is 25.1 Å². The van der Waals surface area contributed by atoms with E-state index in [2.05, 4.69) is 5.32 Å². The number of nitrogens with one attached hydrogen (secondary N) is 1. The summed E-state index contributed by atoms with van der Waals surface area (Å²) >= 11 is 1.62. The number of ether oxygens (including phenoxy) is 2. The number of likely N-dealkylation sites (tertiary alicyclic amines) is 1. The first-order valence-corrected chi connectivity index (χ1v) is 11.0. The SMILES string of the molecule is N#Cc1cc(F)cc(C(=O)NC2CO[C@H]3CN(C(=O)CCc4ccsc4)C[C@@H]3OC2)c1. The van der Waals surface area contributed by atoms with Crippen LogP contribution in [0, 0.1) is 17.1 Å². The second-order valence-corrected chi connectivity index (χ2v) is 8.46. The number of hydrogen-bond donors (Lipinski definition) is 1. The van der Waals surface area contributed by atoms with Gasteiger partial charge in [-0.1, -0.05) is 0 Å². The van der Waals surface area contributed by atoms with Crippen molar-refractivity contribution in [2.75, 3.05) is 26.3 Å². The summed E-state index contributed by atoms with van der Waals surface area (Å²) in [6.45, 7) is 1.38. The van der Waals surface area contributed by atoms with Gasteiger partial charge in [-0.05, 0) is 47.0 Å². The lowest BCUT2D eigenvalue weighted by Crippen LogP contribution is -2.41. The molecule has 1 aromatic carbocycles. The van der Waals surface area contributed by atoms with Crippen molar-refractivity contribution in [2.45, 2.75) is 31.1 Å². The minimum atomic E-state index is -0.643. The number of benzene rings is 1. The Morgan fingerprint density at radius 1 is 1.23 bits per heavy atom. The standard InChI is InChI=1S/C22H22FN3O4S/c23-17-6-15(8-24)5-16(7-17)22(28)25-18-11-29-19-9-26(10-20(19)30-12-18)21(27)2-1-14-3-4-31-13-14/h3-7,13,18-20H,1-2,9-12H2,(H,25,28)/t19-,20-/m0/s1. The minimum Gasteiger partial charge on any atom is -0.371 e. The third-order valence-corrected chi connectivity index (χ3v) is 6.15. The Kier molecular flexibility index (Phi) is 6.61. The van der Waals surface area contributed by atoms with Crippen molar-refractivity contribution >= 4 is 23.2 Å². The molecule has 0 aliphatic carbocycles. The molecule has 2 saturated heterocycles. The highest BCUT2D eigenvalue weighted by molar-refractivity contribution is 7.07. The number of aryl methyl sites for hydroxylation is 1. The highest BCUT2D eigenvalue weighted by Crippen LogP contribution is 2.22. The Morgan fingerprint density at radius 2 is 1.97 bits per heavy atom. The summed E-state index contributed by atoms with van der Waals surface area (Å²) < 4.78 is 25.4. The Balaban J connectivity index is 1.28. The van der Waals surface area contributed by atoms with E-state index in [0.717, 1.165) is 24.1 Å². The fourth-order valence-electron chi connectivity index (χ4n) is 3.78. The summed E-state index contributed by atoms with van der Waals surface area (Å²) in [7, 11) is 0. The lowest BCUT2D eigenvalue weighted by atomic mass is 10.1. The van der Waals surface area contributed by atoms with Crippen molar-refractivity contribution in [3.8, 4) is 6.07 Å². The van der Waals surface area contributed by atoms with E-state index in [9.17, 15) is 14.0 Å². The van der Waals surface area contributed by atoms with Gasteiger partial charge in [-0.15, -0.1) is 0 Å². The topological polar surface area (TPSA) is 91.7 Å². The third kappa shape index (κ3) is 5.28. The Labute approximate surface area is 183 Å². The average Bonchev–Trinajstić information content (AvgIpc) is 3.39. The molecule has 2 aliphatic heterocycles. The van der Waals surface area contributed by atoms with Crippen molar-refractivity contribution in [2.24, 2.45) is 0 Å². The molecule has 9 heteroatoms. The zero-order valence-electron chi connectivity index (χ0n) is 16.8. The van der Waals surface area contributed by atoms with Gasteiger partial charge in [-0.3, -0.25) is 9.59 Å². The maximum Gasteiger partial charge on any atom is 0.251 e. The van der Waals surface area contributed by atoms with Crippen LogP contribution in [-0.4, -0.2) is 61.3 Å². The van der Waals surface area contributed by atoms with Crippen LogP contribution in [0.3, 0.4) is 0 Å². The number of fused-ring (bicyclic) bond motifs is 1. The molecule has 0 bridgehead atoms. The molecule has 0 spiro atoms. The average molecular weight is 444 g/mol. The van der Waals surface area contributed by atoms with Gasteiger partial charge in [0.15, 0.2) is 0 Å². The van der Waals surface area contributed by atoms with Crippen molar-refractivity contribution < 1.29 is 23.5 Å². The molecule has 1 aromatic heterocycles. The monoisotopic (exact) mass is 443 g/mol. The van der Waals surface area contributed by atoms with Crippen molar-refractivity contribution in [3.63, 3.8) is 0 Å². The van der Waals surface area contributed by atoms with Crippen molar-refractivity contribution in [1.29, 1.82) is 5.26 Å². The highest BCUT2D eigenvalue weighted by Gasteiger charge is 2.39. The van der Waals surface area contributed by atoms with E-state index in [0.29, 0.717) is 19.5 Å². The van der Waals surface area contributed by atoms with Gasteiger partial charge in [-0.2, -0.15) is 16.6 Å². The zero-order valence-corrected chi connectivity index (χ0v) is 17.6. The van der Waals surface area contributed by atoms with Crippen LogP contribution in [0.2, 0.25) is 0 Å². The second-order valence-electron chi connectivity index (χ2n) is 7.68. The summed E-state index contributed by atoms with van der Waals surface area (Å²) in [5, 5.41) is 15.8. The number of nitrogens with zero attached hydrogens (tertiary/aromatic N) is 2. The molecule has 2 aromatic rings. The molecule has 2 amide bonds. The van der Waals surface area contributed by atoms with Crippen LogP contribution in [0.5, 0.6) is 0 Å². The number of rotatable bonds is 5. The number of carbonyl (C=O) groups is 2. The molecule has 2 atom stereocenters. The number of nitriles is 1. The Bertz CT molecular complexity index is 975. The van der Waals surface area contributed by atoms with Crippen LogP contribution < -0.4 is 5.32 Å². The van der Waals surface area contributed by atoms with Gasteiger partial charge in [0.25, 0.3) is 5.91 Å². The number of amides is 2. The van der Waals surface area contributed by atoms with Gasteiger partial charge in [0.1, 0.15) is 18.0 Å². The fourth-order valence-corrected chi connectivity index (χ4v) is 4.48. The molecule has 4 rings (SSSR count). The third-order valence-electron chi connectivity index (χ3n) is 5.42. The first-order valence-electron chi connectivity index (χ1n) is 10.1. The molecule has 0 saturated carbocycles. The van der Waals surface area contributed by atoms with E-state index >= 15 is 0 Å². The van der Waals surface area contributed by atoms with E-state index < -0.39 is 17.8 Å². The molecule has 0 radical (unpaired) electrons. The minimum absolute atomic E-state index is 0.0726. The number of halogens is 1. The van der Waals surface area contributed by atoms with E-state index in [4.69, 9.17) is 14.7 Å². The van der Waals surface area contributed by atoms with Crippen LogP contribution in [0.4, 0.5) is 4.39 Å². The largest absolute Gasteiger partial charge is 0.371 e. The smallest absolute Gasteiger partial charge is 0.251 e. The molecule has 7 nitrogen and oxygen atoms in total. The van der Waals surface area contributed by atoms with Crippen LogP contribution in [0.1, 0.15) is 27.9 Å². The lowest BCUT2D eigenvalue weighted by Gasteiger charge is -2.19. The molecular weight excluding hydrogens is 421 g/mol. The molecule has 3 heterocycles. The first-order chi connectivity index (χ1) is 15.0. The van der Waals surface area contributed by atoms with Crippen molar-refractivity contribution in [3.05, 3.63) is 57.5 Å². The first kappa shape index (κ1) is 21.4. The summed E-state index contributed by atoms with van der Waals surface area (Å²) in [6, 6.07) is 6.95. The maximum absolute atomic E-state index is 13.6. The summed E-state index contributed by atoms with van der Waals surface area (Å²) in [4.78, 5) is 26.8. The van der Waals surface area contributed by atoms with E-state index in [1.807, 2.05) is 22.9 Å². The van der Waals surface area contributed by atoms with Crippen molar-refractivity contribution in [1.82, 2.24) is 10.2 Å². The normalized spacial score (nSPS) is 21.2. The molecular formula is C22H22FN3O4S. The summed E-state index contributed by atoms with van der Waals surface area (Å²) in [5.41, 5.74) is 1.32. The molecule has 2 aliphatic rings. The zero-order chi connectivity index (χ0) is 21.8. The molecule has 0 unspecified atom stereocenters. The van der Waals surface area contributed by atoms with E-state index in [-0.39, 0.29) is 42.5 Å². The molecule has 2 fully saturated rings. The molecule has 31 heavy (non-hydrogen) atoms. The Morgan fingerprint density at radius 3 is 2.61 bits per heavy atom. The van der Waals surface area contributed by atoms with Gasteiger partial charge < -0.3 is 19.7 Å². The molecule has 1 N–H and O–H groups in total. The van der Waals surface area contributed by atoms with Crippen LogP contribution in [0.15, 0.2) is 35.0 Å². The van der Waals surface area contributed by atoms with E-state index in [1.54, 1.807) is 16.2 Å². The van der Waals surface area contributed by atoms with Gasteiger partial charge >= 0.3 is 0 Å². The number of carbonyl (C=O) groups excluding carboxylic acids is 2. The van der Waals surface area contributed by atoms with Crippen LogP contribution >= 0.6 is 11.3 Å². The van der Waals surface area contributed by atoms with Gasteiger partial charge in [0.05, 0.1) is 30.9 Å². The summed E-state index contributed by atoms with van der Waals surface area (Å²) in [6.07, 6.45) is 0.683. The van der Waals surface area contributed by atoms with Gasteiger partial charge in [-0.25, -0.2) is 4.39 Å². The predicted molar refractivity (Wildman–Crippen MR) is 111 cm³/mol. The second kappa shape index (κ2) is 9.56. The fraction of sp³-hybridized carbons (Fsp3) is 0.409. The quantitative estimate of drug-likeness (QED) is 0.764. The predicted octanol–water partition coefficient (Wildman–Crippen LogP) is 2.12. The van der Waals surface area contributed by atoms with Gasteiger partial charge in [0.2, 0.25) is 5.91 Å². The Hall–Kier alpha value is -2.80. The number of hydrogen-bond acceptors (Lipinski definition) is 6. The van der Waals surface area contributed by atoms with Crippen LogP contribution in [0.25, 0.3) is 0 Å². The number of thiophene rings is 1. The lowest BCUT2D eigenvalue weighted by molar-refractivity contribution is -0.131.